The summed E-state index contributed by atoms with van der Waals surface area (Å²) in [6.45, 7) is 1.66. The highest BCUT2D eigenvalue weighted by molar-refractivity contribution is 5.62. The number of phenolic OH excluding ortho intramolecular Hbond substituents is 1. The van der Waals surface area contributed by atoms with Gasteiger partial charge in [0.2, 0.25) is 0 Å². The van der Waals surface area contributed by atoms with Crippen molar-refractivity contribution in [3.05, 3.63) is 23.8 Å². The molecule has 0 radical (unpaired) electrons. The van der Waals surface area contributed by atoms with Gasteiger partial charge in [0.25, 0.3) is 0 Å². The molecule has 0 spiro atoms. The summed E-state index contributed by atoms with van der Waals surface area (Å²) in [4.78, 5) is 0. The topological polar surface area (TPSA) is 58.3 Å². The van der Waals surface area contributed by atoms with Gasteiger partial charge in [0.15, 0.2) is 0 Å². The Balaban J connectivity index is 2.18. The smallest absolute Gasteiger partial charge is 0.138 e. The standard InChI is InChI=1S/C11H16N2O/c12-5-4-8-6-9-2-1-3-10(14)11(9)13-7-8/h1-3,8,13-14H,4-7,12H2. The predicted molar refractivity (Wildman–Crippen MR) is 57.5 cm³/mol. The van der Waals surface area contributed by atoms with Gasteiger partial charge in [0, 0.05) is 6.54 Å². The molecule has 0 amide bonds. The molecule has 0 aliphatic carbocycles. The number of phenols is 1. The molecule has 14 heavy (non-hydrogen) atoms. The molecule has 0 bridgehead atoms. The van der Waals surface area contributed by atoms with Crippen LogP contribution in [-0.4, -0.2) is 18.2 Å². The molecule has 1 unspecified atom stereocenters. The van der Waals surface area contributed by atoms with Crippen LogP contribution in [0.15, 0.2) is 18.2 Å². The van der Waals surface area contributed by atoms with Gasteiger partial charge in [-0.3, -0.25) is 0 Å². The Hall–Kier alpha value is -1.22. The van der Waals surface area contributed by atoms with Crippen molar-refractivity contribution in [2.75, 3.05) is 18.4 Å². The molecule has 1 aliphatic heterocycles. The molecular formula is C11H16N2O. The summed E-state index contributed by atoms with van der Waals surface area (Å²) in [7, 11) is 0. The maximum absolute atomic E-state index is 9.59. The summed E-state index contributed by atoms with van der Waals surface area (Å²) in [6, 6.07) is 5.67. The zero-order valence-electron chi connectivity index (χ0n) is 8.16. The van der Waals surface area contributed by atoms with E-state index >= 15 is 0 Å². The van der Waals surface area contributed by atoms with Gasteiger partial charge < -0.3 is 16.2 Å². The van der Waals surface area contributed by atoms with Crippen LogP contribution in [0.4, 0.5) is 5.69 Å². The molecule has 1 aromatic rings. The molecule has 1 aliphatic rings. The highest BCUT2D eigenvalue weighted by atomic mass is 16.3. The van der Waals surface area contributed by atoms with Crippen molar-refractivity contribution in [1.29, 1.82) is 0 Å². The molecule has 1 atom stereocenters. The highest BCUT2D eigenvalue weighted by Gasteiger charge is 2.19. The van der Waals surface area contributed by atoms with E-state index in [9.17, 15) is 5.11 Å². The van der Waals surface area contributed by atoms with Crippen LogP contribution in [0.2, 0.25) is 0 Å². The number of aromatic hydroxyl groups is 1. The minimum atomic E-state index is 0.355. The van der Waals surface area contributed by atoms with Crippen LogP contribution >= 0.6 is 0 Å². The Kier molecular flexibility index (Phi) is 2.59. The summed E-state index contributed by atoms with van der Waals surface area (Å²) >= 11 is 0. The Morgan fingerprint density at radius 2 is 2.36 bits per heavy atom. The molecule has 0 fully saturated rings. The lowest BCUT2D eigenvalue weighted by Gasteiger charge is -2.26. The van der Waals surface area contributed by atoms with Crippen LogP contribution in [0.5, 0.6) is 5.75 Å². The lowest BCUT2D eigenvalue weighted by molar-refractivity contribution is 0.464. The van der Waals surface area contributed by atoms with Crippen molar-refractivity contribution < 1.29 is 5.11 Å². The molecule has 2 rings (SSSR count). The van der Waals surface area contributed by atoms with Gasteiger partial charge in [-0.1, -0.05) is 12.1 Å². The SMILES string of the molecule is NCCC1CNc2c(O)cccc2C1. The van der Waals surface area contributed by atoms with E-state index in [0.717, 1.165) is 31.6 Å². The minimum Gasteiger partial charge on any atom is -0.506 e. The average Bonchev–Trinajstić information content (AvgIpc) is 2.18. The number of benzene rings is 1. The number of anilines is 1. The fourth-order valence-corrected chi connectivity index (χ4v) is 2.03. The molecule has 1 aromatic carbocycles. The monoisotopic (exact) mass is 192 g/mol. The lowest BCUT2D eigenvalue weighted by atomic mass is 9.91. The molecule has 3 heteroatoms. The third-order valence-corrected chi connectivity index (χ3v) is 2.78. The molecule has 1 heterocycles. The second-order valence-electron chi connectivity index (χ2n) is 3.84. The molecular weight excluding hydrogens is 176 g/mol. The van der Waals surface area contributed by atoms with Gasteiger partial charge >= 0.3 is 0 Å². The van der Waals surface area contributed by atoms with E-state index in [1.807, 2.05) is 6.07 Å². The summed E-state index contributed by atoms with van der Waals surface area (Å²) < 4.78 is 0. The highest BCUT2D eigenvalue weighted by Crippen LogP contribution is 2.33. The number of nitrogens with two attached hydrogens (primary N) is 1. The van der Waals surface area contributed by atoms with Crippen molar-refractivity contribution in [3.8, 4) is 5.75 Å². The zero-order chi connectivity index (χ0) is 9.97. The largest absolute Gasteiger partial charge is 0.506 e. The van der Waals surface area contributed by atoms with Crippen molar-refractivity contribution in [2.45, 2.75) is 12.8 Å². The Bertz CT molecular complexity index is 325. The Labute approximate surface area is 83.9 Å². The minimum absolute atomic E-state index is 0.355. The third-order valence-electron chi connectivity index (χ3n) is 2.78. The number of nitrogens with one attached hydrogen (secondary N) is 1. The lowest BCUT2D eigenvalue weighted by Crippen LogP contribution is -2.25. The molecule has 3 nitrogen and oxygen atoms in total. The van der Waals surface area contributed by atoms with Crippen molar-refractivity contribution in [1.82, 2.24) is 0 Å². The molecule has 76 valence electrons. The first kappa shape index (κ1) is 9.34. The van der Waals surface area contributed by atoms with Crippen LogP contribution in [0.1, 0.15) is 12.0 Å². The zero-order valence-corrected chi connectivity index (χ0v) is 8.16. The molecule has 4 N–H and O–H groups in total. The normalized spacial score (nSPS) is 19.9. The van der Waals surface area contributed by atoms with E-state index in [-0.39, 0.29) is 0 Å². The number of fused-ring (bicyclic) bond motifs is 1. The maximum Gasteiger partial charge on any atom is 0.138 e. The number of rotatable bonds is 2. The van der Waals surface area contributed by atoms with Crippen LogP contribution < -0.4 is 11.1 Å². The van der Waals surface area contributed by atoms with E-state index in [2.05, 4.69) is 11.4 Å². The number of hydrogen-bond donors (Lipinski definition) is 3. The third kappa shape index (κ3) is 1.68. The summed E-state index contributed by atoms with van der Waals surface area (Å²) in [5.41, 5.74) is 7.64. The van der Waals surface area contributed by atoms with Gasteiger partial charge in [-0.05, 0) is 36.9 Å². The van der Waals surface area contributed by atoms with E-state index in [4.69, 9.17) is 5.73 Å². The quantitative estimate of drug-likeness (QED) is 0.619. The fourth-order valence-electron chi connectivity index (χ4n) is 2.03. The van der Waals surface area contributed by atoms with Crippen LogP contribution in [0.3, 0.4) is 0 Å². The first-order valence-corrected chi connectivity index (χ1v) is 5.06. The van der Waals surface area contributed by atoms with Gasteiger partial charge in [0.1, 0.15) is 5.75 Å². The maximum atomic E-state index is 9.59. The second kappa shape index (κ2) is 3.88. The fraction of sp³-hybridized carbons (Fsp3) is 0.455. The number of para-hydroxylation sites is 1. The van der Waals surface area contributed by atoms with Gasteiger partial charge in [-0.15, -0.1) is 0 Å². The second-order valence-corrected chi connectivity index (χ2v) is 3.84. The average molecular weight is 192 g/mol. The van der Waals surface area contributed by atoms with Crippen LogP contribution in [-0.2, 0) is 6.42 Å². The van der Waals surface area contributed by atoms with Gasteiger partial charge in [0.05, 0.1) is 5.69 Å². The van der Waals surface area contributed by atoms with Gasteiger partial charge in [-0.25, -0.2) is 0 Å². The molecule has 0 saturated heterocycles. The first-order chi connectivity index (χ1) is 6.81. The van der Waals surface area contributed by atoms with Crippen LogP contribution in [0, 0.1) is 5.92 Å². The predicted octanol–water partition coefficient (Wildman–Crippen LogP) is 1.33. The number of hydrogen-bond acceptors (Lipinski definition) is 3. The van der Waals surface area contributed by atoms with E-state index < -0.39 is 0 Å². The van der Waals surface area contributed by atoms with Crippen molar-refractivity contribution in [2.24, 2.45) is 11.7 Å². The Morgan fingerprint density at radius 1 is 1.50 bits per heavy atom. The summed E-state index contributed by atoms with van der Waals surface area (Å²) in [6.07, 6.45) is 2.07. The first-order valence-electron chi connectivity index (χ1n) is 5.06. The van der Waals surface area contributed by atoms with Crippen molar-refractivity contribution in [3.63, 3.8) is 0 Å². The molecule has 0 saturated carbocycles. The summed E-state index contributed by atoms with van der Waals surface area (Å²) in [5, 5.41) is 12.8. The van der Waals surface area contributed by atoms with E-state index in [1.165, 1.54) is 5.56 Å². The van der Waals surface area contributed by atoms with E-state index in [1.54, 1.807) is 6.07 Å². The summed E-state index contributed by atoms with van der Waals surface area (Å²) in [5.74, 6) is 0.961. The molecule has 0 aromatic heterocycles. The Morgan fingerprint density at radius 3 is 3.14 bits per heavy atom. The van der Waals surface area contributed by atoms with Gasteiger partial charge in [-0.2, -0.15) is 0 Å². The van der Waals surface area contributed by atoms with E-state index in [0.29, 0.717) is 11.7 Å². The van der Waals surface area contributed by atoms with Crippen molar-refractivity contribution >= 4 is 5.69 Å². The van der Waals surface area contributed by atoms with Crippen LogP contribution in [0.25, 0.3) is 0 Å².